The van der Waals surface area contributed by atoms with Gasteiger partial charge in [0.1, 0.15) is 29.0 Å². The van der Waals surface area contributed by atoms with Crippen LogP contribution in [0.2, 0.25) is 5.02 Å². The molecule has 4 heterocycles. The molecule has 0 radical (unpaired) electrons. The fourth-order valence-electron chi connectivity index (χ4n) is 4.66. The van der Waals surface area contributed by atoms with Crippen LogP contribution < -0.4 is 9.64 Å². The third kappa shape index (κ3) is 4.31. The molecule has 1 atom stereocenters. The third-order valence-electron chi connectivity index (χ3n) is 6.23. The summed E-state index contributed by atoms with van der Waals surface area (Å²) in [6.45, 7) is 0.596. The largest absolute Gasteiger partial charge is 0.573 e. The molecule has 5 aromatic rings. The lowest BCUT2D eigenvalue weighted by molar-refractivity contribution is -0.274. The molecule has 1 aliphatic rings. The van der Waals surface area contributed by atoms with Gasteiger partial charge in [0, 0.05) is 24.4 Å². The predicted octanol–water partition coefficient (Wildman–Crippen LogP) is 6.44. The second kappa shape index (κ2) is 8.58. The summed E-state index contributed by atoms with van der Waals surface area (Å²) in [4.78, 5) is 14.0. The highest BCUT2D eigenvalue weighted by molar-refractivity contribution is 6.32. The smallest absolute Gasteiger partial charge is 0.404 e. The molecule has 1 fully saturated rings. The molecule has 0 bridgehead atoms. The molecule has 190 valence electrons. The number of ether oxygens (including phenoxy) is 1. The van der Waals surface area contributed by atoms with Crippen LogP contribution in [0.25, 0.3) is 28.1 Å². The Balaban J connectivity index is 1.39. The van der Waals surface area contributed by atoms with Crippen LogP contribution in [-0.2, 0) is 0 Å². The molecule has 0 unspecified atom stereocenters. The van der Waals surface area contributed by atoms with Gasteiger partial charge in [-0.3, -0.25) is 0 Å². The first-order chi connectivity index (χ1) is 17.7. The molecule has 2 aromatic carbocycles. The number of aromatic amines is 1. The van der Waals surface area contributed by atoms with E-state index in [1.165, 1.54) is 22.8 Å². The molecule has 7 nitrogen and oxygen atoms in total. The maximum absolute atomic E-state index is 14.5. The van der Waals surface area contributed by atoms with Gasteiger partial charge in [0.05, 0.1) is 33.9 Å². The number of hydrogen-bond acceptors (Lipinski definition) is 5. The maximum Gasteiger partial charge on any atom is 0.573 e. The molecule has 37 heavy (non-hydrogen) atoms. The fourth-order valence-corrected chi connectivity index (χ4v) is 4.86. The van der Waals surface area contributed by atoms with E-state index in [0.717, 1.165) is 24.6 Å². The summed E-state index contributed by atoms with van der Waals surface area (Å²) in [5.74, 6) is -0.705. The Bertz CT molecular complexity index is 1650. The number of rotatable bonds is 4. The Morgan fingerprint density at radius 3 is 2.73 bits per heavy atom. The van der Waals surface area contributed by atoms with Crippen molar-refractivity contribution in [1.82, 2.24) is 24.6 Å². The summed E-state index contributed by atoms with van der Waals surface area (Å²) in [6, 6.07) is 7.14. The number of benzene rings is 2. The van der Waals surface area contributed by atoms with E-state index in [1.54, 1.807) is 12.3 Å². The molecule has 3 aromatic heterocycles. The number of halogens is 6. The Morgan fingerprint density at radius 2 is 1.92 bits per heavy atom. The van der Waals surface area contributed by atoms with E-state index in [0.29, 0.717) is 41.3 Å². The van der Waals surface area contributed by atoms with Crippen molar-refractivity contribution in [2.75, 3.05) is 11.4 Å². The summed E-state index contributed by atoms with van der Waals surface area (Å²) >= 11 is 5.95. The van der Waals surface area contributed by atoms with Crippen molar-refractivity contribution in [3.8, 4) is 17.1 Å². The zero-order chi connectivity index (χ0) is 25.9. The Labute approximate surface area is 210 Å². The first kappa shape index (κ1) is 23.5. The highest BCUT2D eigenvalue weighted by Crippen LogP contribution is 2.38. The molecule has 13 heteroatoms. The first-order valence-corrected chi connectivity index (χ1v) is 11.6. The minimum Gasteiger partial charge on any atom is -0.404 e. The Hall–Kier alpha value is -3.93. The molecule has 6 rings (SSSR count). The average Bonchev–Trinajstić information content (AvgIpc) is 3.57. The van der Waals surface area contributed by atoms with Crippen molar-refractivity contribution in [3.63, 3.8) is 0 Å². The van der Waals surface area contributed by atoms with E-state index < -0.39 is 29.8 Å². The number of aromatic nitrogens is 5. The van der Waals surface area contributed by atoms with Gasteiger partial charge in [-0.15, -0.1) is 13.2 Å². The number of anilines is 1. The third-order valence-corrected chi connectivity index (χ3v) is 6.53. The molecule has 0 amide bonds. The van der Waals surface area contributed by atoms with Crippen molar-refractivity contribution in [2.45, 2.75) is 25.2 Å². The van der Waals surface area contributed by atoms with E-state index in [9.17, 15) is 22.0 Å². The van der Waals surface area contributed by atoms with Gasteiger partial charge in [-0.1, -0.05) is 11.6 Å². The lowest BCUT2D eigenvalue weighted by Crippen LogP contribution is -2.24. The molecule has 0 spiro atoms. The van der Waals surface area contributed by atoms with E-state index in [-0.39, 0.29) is 16.1 Å². The Morgan fingerprint density at radius 1 is 1.08 bits per heavy atom. The van der Waals surface area contributed by atoms with Crippen LogP contribution in [0.15, 0.2) is 48.8 Å². The van der Waals surface area contributed by atoms with Gasteiger partial charge in [-0.2, -0.15) is 5.10 Å². The lowest BCUT2D eigenvalue weighted by atomic mass is 10.0. The minimum atomic E-state index is -4.90. The maximum atomic E-state index is 14.5. The summed E-state index contributed by atoms with van der Waals surface area (Å²) in [5, 5.41) is 4.04. The van der Waals surface area contributed by atoms with Gasteiger partial charge < -0.3 is 14.6 Å². The number of nitrogens with zero attached hydrogens (tertiary/aromatic N) is 5. The molecule has 0 saturated carbocycles. The van der Waals surface area contributed by atoms with E-state index in [1.807, 2.05) is 4.90 Å². The van der Waals surface area contributed by atoms with Gasteiger partial charge in [0.2, 0.25) is 0 Å². The minimum absolute atomic E-state index is 0.243. The Kier molecular flexibility index (Phi) is 5.44. The van der Waals surface area contributed by atoms with Crippen molar-refractivity contribution < 1.29 is 26.7 Å². The van der Waals surface area contributed by atoms with Gasteiger partial charge in [0.15, 0.2) is 5.65 Å². The number of hydrogen-bond donors (Lipinski definition) is 1. The van der Waals surface area contributed by atoms with Crippen molar-refractivity contribution in [1.29, 1.82) is 0 Å². The monoisotopic (exact) mass is 534 g/mol. The van der Waals surface area contributed by atoms with E-state index >= 15 is 0 Å². The number of alkyl halides is 3. The standard InChI is InChI=1S/C24H16ClF5N6O/c25-15-9-17-18(10-20(15)37-24(28,29)30)33-22(32-17)14-11-31-36-7-5-21(34-23(14)36)35-6-1-2-19(35)13-8-12(26)3-4-16(13)27/h3-5,7-11,19H,1-2,6H2,(H,32,33)/t19-/m1/s1. The molecule has 0 aliphatic carbocycles. The molecule has 1 saturated heterocycles. The van der Waals surface area contributed by atoms with Crippen LogP contribution in [0.4, 0.5) is 27.8 Å². The fraction of sp³-hybridized carbons (Fsp3) is 0.208. The number of nitrogens with one attached hydrogen (secondary N) is 1. The molecule has 1 aliphatic heterocycles. The summed E-state index contributed by atoms with van der Waals surface area (Å²) in [6.07, 6.45) is -0.289. The number of imidazole rings is 1. The average molecular weight is 535 g/mol. The highest BCUT2D eigenvalue weighted by atomic mass is 35.5. The normalized spacial score (nSPS) is 16.3. The number of fused-ring (bicyclic) bond motifs is 2. The zero-order valence-electron chi connectivity index (χ0n) is 18.7. The SMILES string of the molecule is Fc1ccc(F)c([C@H]2CCCN2c2ccn3ncc(-c4nc5cc(Cl)c(OC(F)(F)F)cc5[nH]4)c3n2)c1. The van der Waals surface area contributed by atoms with Crippen LogP contribution in [-0.4, -0.2) is 37.5 Å². The van der Waals surface area contributed by atoms with Crippen LogP contribution in [0.1, 0.15) is 24.4 Å². The lowest BCUT2D eigenvalue weighted by Gasteiger charge is -2.26. The first-order valence-electron chi connectivity index (χ1n) is 11.2. The van der Waals surface area contributed by atoms with Crippen LogP contribution >= 0.6 is 11.6 Å². The zero-order valence-corrected chi connectivity index (χ0v) is 19.5. The molecule has 1 N–H and O–H groups in total. The molecular weight excluding hydrogens is 519 g/mol. The number of H-pyrrole nitrogens is 1. The molecular formula is C24H16ClF5N6O. The summed E-state index contributed by atoms with van der Waals surface area (Å²) in [7, 11) is 0. The quantitative estimate of drug-likeness (QED) is 0.269. The predicted molar refractivity (Wildman–Crippen MR) is 125 cm³/mol. The second-order valence-electron chi connectivity index (χ2n) is 8.56. The second-order valence-corrected chi connectivity index (χ2v) is 8.97. The summed E-state index contributed by atoms with van der Waals surface area (Å²) < 4.78 is 72.0. The van der Waals surface area contributed by atoms with Gasteiger partial charge in [-0.05, 0) is 43.2 Å². The topological polar surface area (TPSA) is 71.3 Å². The van der Waals surface area contributed by atoms with Crippen LogP contribution in [0, 0.1) is 11.6 Å². The summed E-state index contributed by atoms with van der Waals surface area (Å²) in [5.41, 5.74) is 1.76. The highest BCUT2D eigenvalue weighted by Gasteiger charge is 2.33. The van der Waals surface area contributed by atoms with Gasteiger partial charge in [-0.25, -0.2) is 23.3 Å². The van der Waals surface area contributed by atoms with Gasteiger partial charge >= 0.3 is 6.36 Å². The van der Waals surface area contributed by atoms with Gasteiger partial charge in [0.25, 0.3) is 0 Å². The van der Waals surface area contributed by atoms with E-state index in [2.05, 4.69) is 19.8 Å². The van der Waals surface area contributed by atoms with Crippen LogP contribution in [0.5, 0.6) is 5.75 Å². The van der Waals surface area contributed by atoms with Crippen molar-refractivity contribution in [2.24, 2.45) is 0 Å². The van der Waals surface area contributed by atoms with E-state index in [4.69, 9.17) is 16.6 Å². The van der Waals surface area contributed by atoms with Crippen molar-refractivity contribution >= 4 is 34.1 Å². The van der Waals surface area contributed by atoms with Crippen LogP contribution in [0.3, 0.4) is 0 Å². The van der Waals surface area contributed by atoms with Crippen molar-refractivity contribution in [3.05, 3.63) is 71.0 Å².